The highest BCUT2D eigenvalue weighted by Gasteiger charge is 2.34. The van der Waals surface area contributed by atoms with Crippen LogP contribution in [0.5, 0.6) is 17.2 Å². The second kappa shape index (κ2) is 5.41. The summed E-state index contributed by atoms with van der Waals surface area (Å²) in [7, 11) is 1.75. The number of hydrogen-bond donors (Lipinski definition) is 1. The molecule has 3 aliphatic rings. The van der Waals surface area contributed by atoms with Crippen LogP contribution < -0.4 is 19.5 Å². The molecule has 4 heteroatoms. The van der Waals surface area contributed by atoms with Crippen molar-refractivity contribution >= 4 is 0 Å². The number of ether oxygens (including phenoxy) is 3. The molecule has 1 N–H and O–H groups in total. The van der Waals surface area contributed by atoms with Gasteiger partial charge < -0.3 is 19.5 Å². The highest BCUT2D eigenvalue weighted by atomic mass is 16.5. The maximum absolute atomic E-state index is 6.10. The van der Waals surface area contributed by atoms with Gasteiger partial charge in [-0.2, -0.15) is 0 Å². The molecule has 1 aromatic rings. The lowest BCUT2D eigenvalue weighted by atomic mass is 9.88. The van der Waals surface area contributed by atoms with E-state index in [-0.39, 0.29) is 0 Å². The van der Waals surface area contributed by atoms with Gasteiger partial charge >= 0.3 is 0 Å². The van der Waals surface area contributed by atoms with Crippen molar-refractivity contribution < 1.29 is 14.2 Å². The highest BCUT2D eigenvalue weighted by Crippen LogP contribution is 2.50. The third-order valence-corrected chi connectivity index (χ3v) is 4.85. The molecule has 0 amide bonds. The van der Waals surface area contributed by atoms with Crippen molar-refractivity contribution in [2.75, 3.05) is 26.9 Å². The van der Waals surface area contributed by atoms with Gasteiger partial charge in [0, 0.05) is 22.7 Å². The fourth-order valence-electron chi connectivity index (χ4n) is 3.95. The fourth-order valence-corrected chi connectivity index (χ4v) is 3.95. The zero-order chi connectivity index (χ0) is 14.2. The smallest absolute Gasteiger partial charge is 0.167 e. The Morgan fingerprint density at radius 3 is 2.48 bits per heavy atom. The molecule has 1 atom stereocenters. The lowest BCUT2D eigenvalue weighted by Gasteiger charge is -2.31. The van der Waals surface area contributed by atoms with Crippen LogP contribution in [0.1, 0.15) is 48.4 Å². The zero-order valence-electron chi connectivity index (χ0n) is 12.7. The first kappa shape index (κ1) is 13.3. The molecular weight excluding hydrogens is 266 g/mol. The Morgan fingerprint density at radius 1 is 1.00 bits per heavy atom. The summed E-state index contributed by atoms with van der Waals surface area (Å²) in [5.74, 6) is 2.99. The molecule has 4 rings (SSSR count). The molecule has 0 radical (unpaired) electrons. The van der Waals surface area contributed by atoms with Crippen LogP contribution in [0.4, 0.5) is 0 Å². The minimum Gasteiger partial charge on any atom is -0.493 e. The van der Waals surface area contributed by atoms with Crippen molar-refractivity contribution in [2.24, 2.45) is 0 Å². The highest BCUT2D eigenvalue weighted by molar-refractivity contribution is 5.65. The number of methoxy groups -OCH3 is 1. The maximum atomic E-state index is 6.10. The predicted octanol–water partition coefficient (Wildman–Crippen LogP) is 2.77. The topological polar surface area (TPSA) is 39.7 Å². The zero-order valence-corrected chi connectivity index (χ0v) is 12.7. The van der Waals surface area contributed by atoms with Crippen LogP contribution in [0.25, 0.3) is 0 Å². The Kier molecular flexibility index (Phi) is 3.42. The lowest BCUT2D eigenvalue weighted by molar-refractivity contribution is 0.248. The van der Waals surface area contributed by atoms with Crippen LogP contribution in [0.15, 0.2) is 0 Å². The summed E-state index contributed by atoms with van der Waals surface area (Å²) in [4.78, 5) is 0. The molecule has 0 saturated carbocycles. The van der Waals surface area contributed by atoms with Crippen molar-refractivity contribution in [1.82, 2.24) is 5.32 Å². The average molecular weight is 289 g/mol. The van der Waals surface area contributed by atoms with E-state index in [1.165, 1.54) is 29.5 Å². The van der Waals surface area contributed by atoms with E-state index in [1.54, 1.807) is 7.11 Å². The first-order chi connectivity index (χ1) is 10.4. The molecule has 3 heterocycles. The van der Waals surface area contributed by atoms with E-state index in [0.717, 1.165) is 62.7 Å². The first-order valence-electron chi connectivity index (χ1n) is 8.14. The molecule has 3 aliphatic heterocycles. The summed E-state index contributed by atoms with van der Waals surface area (Å²) in [6.07, 6.45) is 6.65. The molecule has 21 heavy (non-hydrogen) atoms. The quantitative estimate of drug-likeness (QED) is 0.909. The number of hydrogen-bond acceptors (Lipinski definition) is 4. The lowest BCUT2D eigenvalue weighted by Crippen LogP contribution is -2.23. The third-order valence-electron chi connectivity index (χ3n) is 4.85. The molecule has 0 spiro atoms. The van der Waals surface area contributed by atoms with Crippen molar-refractivity contribution in [3.63, 3.8) is 0 Å². The van der Waals surface area contributed by atoms with Crippen molar-refractivity contribution in [3.05, 3.63) is 16.7 Å². The van der Waals surface area contributed by atoms with Gasteiger partial charge in [0.05, 0.1) is 20.3 Å². The number of rotatable bonds is 2. The normalized spacial score (nSPS) is 23.8. The van der Waals surface area contributed by atoms with Crippen molar-refractivity contribution in [2.45, 2.75) is 44.6 Å². The predicted molar refractivity (Wildman–Crippen MR) is 80.6 cm³/mol. The summed E-state index contributed by atoms with van der Waals surface area (Å²) >= 11 is 0. The van der Waals surface area contributed by atoms with E-state index in [9.17, 15) is 0 Å². The molecule has 0 bridgehead atoms. The Bertz CT molecular complexity index is 512. The molecule has 1 aromatic carbocycles. The Hall–Kier alpha value is -1.42. The molecule has 0 aromatic heterocycles. The van der Waals surface area contributed by atoms with Gasteiger partial charge in [0.15, 0.2) is 11.5 Å². The van der Waals surface area contributed by atoms with Gasteiger partial charge in [0.25, 0.3) is 0 Å². The maximum Gasteiger partial charge on any atom is 0.167 e. The van der Waals surface area contributed by atoms with E-state index in [0.29, 0.717) is 6.04 Å². The van der Waals surface area contributed by atoms with Crippen LogP contribution in [0, 0.1) is 0 Å². The van der Waals surface area contributed by atoms with Gasteiger partial charge in [-0.3, -0.25) is 0 Å². The van der Waals surface area contributed by atoms with E-state index in [1.807, 2.05) is 0 Å². The molecule has 4 nitrogen and oxygen atoms in total. The summed E-state index contributed by atoms with van der Waals surface area (Å²) in [5, 5.41) is 3.63. The van der Waals surface area contributed by atoms with Crippen LogP contribution in [-0.2, 0) is 12.8 Å². The van der Waals surface area contributed by atoms with Crippen LogP contribution >= 0.6 is 0 Å². The summed E-state index contributed by atoms with van der Waals surface area (Å²) in [5.41, 5.74) is 3.89. The van der Waals surface area contributed by atoms with Gasteiger partial charge in [-0.1, -0.05) is 0 Å². The SMILES string of the molecule is COc1c2c(c(C3CCCN3)c3c1OCCC3)OCCC2. The fraction of sp³-hybridized carbons (Fsp3) is 0.647. The van der Waals surface area contributed by atoms with E-state index in [4.69, 9.17) is 14.2 Å². The Morgan fingerprint density at radius 2 is 1.76 bits per heavy atom. The van der Waals surface area contributed by atoms with Crippen molar-refractivity contribution in [3.8, 4) is 17.2 Å². The van der Waals surface area contributed by atoms with E-state index < -0.39 is 0 Å². The third kappa shape index (κ3) is 2.08. The van der Waals surface area contributed by atoms with Crippen LogP contribution in [-0.4, -0.2) is 26.9 Å². The number of benzene rings is 1. The van der Waals surface area contributed by atoms with Gasteiger partial charge in [-0.15, -0.1) is 0 Å². The first-order valence-corrected chi connectivity index (χ1v) is 8.14. The summed E-state index contributed by atoms with van der Waals surface area (Å²) in [6, 6.07) is 0.415. The second-order valence-electron chi connectivity index (χ2n) is 6.12. The largest absolute Gasteiger partial charge is 0.493 e. The van der Waals surface area contributed by atoms with Gasteiger partial charge in [-0.05, 0) is 45.1 Å². The summed E-state index contributed by atoms with van der Waals surface area (Å²) in [6.45, 7) is 2.71. The molecule has 1 fully saturated rings. The molecule has 1 unspecified atom stereocenters. The van der Waals surface area contributed by atoms with Crippen LogP contribution in [0.3, 0.4) is 0 Å². The van der Waals surface area contributed by atoms with Crippen LogP contribution in [0.2, 0.25) is 0 Å². The standard InChI is InChI=1S/C17H23NO3/c1-19-16-12-6-4-9-20-15(12)14(13-7-2-8-18-13)11-5-3-10-21-17(11)16/h13,18H,2-10H2,1H3. The molecule has 114 valence electrons. The van der Waals surface area contributed by atoms with Gasteiger partial charge in [0.1, 0.15) is 5.75 Å². The summed E-state index contributed by atoms with van der Waals surface area (Å²) < 4.78 is 17.8. The monoisotopic (exact) mass is 289 g/mol. The number of fused-ring (bicyclic) bond motifs is 2. The second-order valence-corrected chi connectivity index (χ2v) is 6.12. The Labute approximate surface area is 125 Å². The van der Waals surface area contributed by atoms with E-state index in [2.05, 4.69) is 5.32 Å². The Balaban J connectivity index is 1.94. The van der Waals surface area contributed by atoms with Gasteiger partial charge in [-0.25, -0.2) is 0 Å². The molecule has 1 saturated heterocycles. The minimum atomic E-state index is 0.415. The molecular formula is C17H23NO3. The van der Waals surface area contributed by atoms with Gasteiger partial charge in [0.2, 0.25) is 0 Å². The minimum absolute atomic E-state index is 0.415. The number of nitrogens with one attached hydrogen (secondary N) is 1. The van der Waals surface area contributed by atoms with E-state index >= 15 is 0 Å². The van der Waals surface area contributed by atoms with Crippen molar-refractivity contribution in [1.29, 1.82) is 0 Å². The molecule has 0 aliphatic carbocycles. The average Bonchev–Trinajstić information content (AvgIpc) is 3.06.